The predicted octanol–water partition coefficient (Wildman–Crippen LogP) is 5.30. The van der Waals surface area contributed by atoms with Gasteiger partial charge in [0.05, 0.1) is 29.0 Å². The fourth-order valence-corrected chi connectivity index (χ4v) is 7.18. The first-order valence-corrected chi connectivity index (χ1v) is 15.1. The molecule has 4 heterocycles. The molecule has 8 nitrogen and oxygen atoms in total. The highest BCUT2D eigenvalue weighted by molar-refractivity contribution is 8.00. The third-order valence-electron chi connectivity index (χ3n) is 7.34. The summed E-state index contributed by atoms with van der Waals surface area (Å²) in [6.45, 7) is 9.10. The molecule has 1 amide bonds. The van der Waals surface area contributed by atoms with E-state index in [0.717, 1.165) is 32.1 Å². The first-order chi connectivity index (χ1) is 19.3. The molecule has 0 spiro atoms. The van der Waals surface area contributed by atoms with Gasteiger partial charge in [-0.1, -0.05) is 73.6 Å². The number of hydrogen-bond acceptors (Lipinski definition) is 7. The number of nitrogens with zero attached hydrogens (tertiary/aromatic N) is 4. The van der Waals surface area contributed by atoms with Gasteiger partial charge in [-0.3, -0.25) is 9.59 Å². The van der Waals surface area contributed by atoms with Gasteiger partial charge in [-0.05, 0) is 43.0 Å². The molecular weight excluding hydrogens is 542 g/mol. The molecule has 0 saturated carbocycles. The van der Waals surface area contributed by atoms with Crippen LogP contribution in [-0.2, 0) is 29.1 Å². The van der Waals surface area contributed by atoms with E-state index in [9.17, 15) is 9.59 Å². The summed E-state index contributed by atoms with van der Waals surface area (Å²) in [5.41, 5.74) is 3.82. The molecule has 0 bridgehead atoms. The highest BCUT2D eigenvalue weighted by Crippen LogP contribution is 2.38. The van der Waals surface area contributed by atoms with E-state index in [2.05, 4.69) is 29.4 Å². The van der Waals surface area contributed by atoms with Gasteiger partial charge in [0.25, 0.3) is 5.56 Å². The van der Waals surface area contributed by atoms with Gasteiger partial charge in [0, 0.05) is 17.8 Å². The number of thiophene rings is 1. The second-order valence-electron chi connectivity index (χ2n) is 10.5. The molecule has 40 heavy (non-hydrogen) atoms. The van der Waals surface area contributed by atoms with E-state index >= 15 is 0 Å². The number of carbonyl (C=O) groups excluding carboxylic acids is 1. The van der Waals surface area contributed by atoms with Crippen LogP contribution in [0.3, 0.4) is 0 Å². The van der Waals surface area contributed by atoms with Gasteiger partial charge in [0.1, 0.15) is 4.83 Å². The number of fused-ring (bicyclic) bond motifs is 5. The molecule has 0 saturated heterocycles. The van der Waals surface area contributed by atoms with Crippen LogP contribution in [0, 0.1) is 12.8 Å². The maximum atomic E-state index is 14.2. The lowest BCUT2D eigenvalue weighted by Crippen LogP contribution is -2.30. The Morgan fingerprint density at radius 3 is 2.60 bits per heavy atom. The Kier molecular flexibility index (Phi) is 7.24. The second kappa shape index (κ2) is 10.8. The van der Waals surface area contributed by atoms with Crippen LogP contribution in [0.5, 0.6) is 0 Å². The molecule has 0 unspecified atom stereocenters. The van der Waals surface area contributed by atoms with Crippen molar-refractivity contribution in [1.82, 2.24) is 24.5 Å². The van der Waals surface area contributed by atoms with Crippen LogP contribution in [0.2, 0.25) is 0 Å². The number of benzene rings is 2. The van der Waals surface area contributed by atoms with Crippen molar-refractivity contribution in [2.24, 2.45) is 5.92 Å². The maximum absolute atomic E-state index is 14.2. The van der Waals surface area contributed by atoms with Crippen LogP contribution < -0.4 is 10.9 Å². The Labute approximate surface area is 240 Å². The number of ether oxygens (including phenoxy) is 1. The van der Waals surface area contributed by atoms with Gasteiger partial charge in [0.2, 0.25) is 11.7 Å². The molecule has 10 heteroatoms. The quantitative estimate of drug-likeness (QED) is 0.266. The summed E-state index contributed by atoms with van der Waals surface area (Å²) in [4.78, 5) is 29.0. The molecular formula is C30H31N5O3S2. The number of thioether (sulfide) groups is 1. The average molecular weight is 574 g/mol. The number of carbonyl (C=O) groups is 1. The zero-order valence-electron chi connectivity index (χ0n) is 22.9. The molecule has 2 aromatic carbocycles. The lowest BCUT2D eigenvalue weighted by Gasteiger charge is -2.26. The van der Waals surface area contributed by atoms with Crippen LogP contribution in [0.25, 0.3) is 21.7 Å². The van der Waals surface area contributed by atoms with Crippen molar-refractivity contribution in [2.45, 2.75) is 63.8 Å². The van der Waals surface area contributed by atoms with Crippen molar-refractivity contribution in [2.75, 3.05) is 0 Å². The highest BCUT2D eigenvalue weighted by Gasteiger charge is 2.30. The summed E-state index contributed by atoms with van der Waals surface area (Å²) in [6, 6.07) is 17.7. The number of rotatable bonds is 7. The lowest BCUT2D eigenvalue weighted by atomic mass is 9.96. The standard InChI is InChI=1S/C30H31N5O3S2/c1-17(2)23-14-22-24(16-38-23)40-28-25(22)27(37)34(21-12-10-18(3)11-13-21)29-32-33-30(35(28)29)39-19(4)26(36)31-15-20-8-6-5-7-9-20/h5-13,17,19,23H,14-16H2,1-4H3,(H,31,36)/t19-,23+/m1/s1. The summed E-state index contributed by atoms with van der Waals surface area (Å²) in [7, 11) is 0. The molecule has 5 aromatic rings. The molecule has 1 aliphatic rings. The van der Waals surface area contributed by atoms with E-state index in [1.54, 1.807) is 15.9 Å². The second-order valence-corrected chi connectivity index (χ2v) is 12.9. The minimum atomic E-state index is -0.422. The van der Waals surface area contributed by atoms with Crippen LogP contribution in [0.15, 0.2) is 64.5 Å². The van der Waals surface area contributed by atoms with E-state index in [4.69, 9.17) is 4.74 Å². The average Bonchev–Trinajstić information content (AvgIpc) is 3.54. The van der Waals surface area contributed by atoms with Gasteiger partial charge in [0.15, 0.2) is 5.16 Å². The first kappa shape index (κ1) is 26.7. The summed E-state index contributed by atoms with van der Waals surface area (Å²) in [5.74, 6) is 0.676. The van der Waals surface area contributed by atoms with Crippen molar-refractivity contribution >= 4 is 45.0 Å². The van der Waals surface area contributed by atoms with Gasteiger partial charge in [-0.2, -0.15) is 0 Å². The Bertz CT molecular complexity index is 1760. The fourth-order valence-electron chi connectivity index (χ4n) is 5.01. The third kappa shape index (κ3) is 4.84. The summed E-state index contributed by atoms with van der Waals surface area (Å²) in [5, 5.41) is 12.8. The number of nitrogens with one attached hydrogen (secondary N) is 1. The van der Waals surface area contributed by atoms with Crippen molar-refractivity contribution in [3.63, 3.8) is 0 Å². The normalized spacial score (nSPS) is 16.0. The summed E-state index contributed by atoms with van der Waals surface area (Å²) in [6.07, 6.45) is 0.737. The highest BCUT2D eigenvalue weighted by atomic mass is 32.2. The molecule has 6 rings (SSSR count). The third-order valence-corrected chi connectivity index (χ3v) is 9.57. The Morgan fingerprint density at radius 2 is 1.88 bits per heavy atom. The molecule has 1 N–H and O–H groups in total. The van der Waals surface area contributed by atoms with Gasteiger partial charge in [-0.15, -0.1) is 21.5 Å². The number of hydrogen-bond donors (Lipinski definition) is 1. The van der Waals surface area contributed by atoms with E-state index in [1.807, 2.05) is 72.8 Å². The van der Waals surface area contributed by atoms with Crippen molar-refractivity contribution in [1.29, 1.82) is 0 Å². The Morgan fingerprint density at radius 1 is 1.12 bits per heavy atom. The molecule has 0 radical (unpaired) electrons. The molecule has 0 aliphatic carbocycles. The minimum Gasteiger partial charge on any atom is -0.372 e. The van der Waals surface area contributed by atoms with Crippen molar-refractivity contribution in [3.05, 3.63) is 86.5 Å². The number of amides is 1. The van der Waals surface area contributed by atoms with Gasteiger partial charge in [-0.25, -0.2) is 8.97 Å². The van der Waals surface area contributed by atoms with E-state index in [1.165, 1.54) is 11.8 Å². The monoisotopic (exact) mass is 573 g/mol. The molecule has 206 valence electrons. The van der Waals surface area contributed by atoms with Gasteiger partial charge >= 0.3 is 0 Å². The summed E-state index contributed by atoms with van der Waals surface area (Å²) >= 11 is 2.89. The zero-order chi connectivity index (χ0) is 28.0. The van der Waals surface area contributed by atoms with Crippen LogP contribution >= 0.6 is 23.1 Å². The smallest absolute Gasteiger partial charge is 0.268 e. The maximum Gasteiger partial charge on any atom is 0.268 e. The number of aryl methyl sites for hydroxylation is 1. The van der Waals surface area contributed by atoms with Crippen LogP contribution in [0.1, 0.15) is 42.3 Å². The van der Waals surface area contributed by atoms with E-state index < -0.39 is 5.25 Å². The lowest BCUT2D eigenvalue weighted by molar-refractivity contribution is -0.120. The van der Waals surface area contributed by atoms with Crippen molar-refractivity contribution < 1.29 is 9.53 Å². The largest absolute Gasteiger partial charge is 0.372 e. The number of aromatic nitrogens is 4. The minimum absolute atomic E-state index is 0.0521. The Balaban J connectivity index is 1.45. The van der Waals surface area contributed by atoms with E-state index in [-0.39, 0.29) is 17.6 Å². The van der Waals surface area contributed by atoms with E-state index in [0.29, 0.717) is 41.8 Å². The SMILES string of the molecule is Cc1ccc(-n2c(=O)c3c4c(sc3n3c(S[C@H](C)C(=O)NCc5ccccc5)nnc23)CO[C@H](C(C)C)C4)cc1. The predicted molar refractivity (Wildman–Crippen MR) is 159 cm³/mol. The summed E-state index contributed by atoms with van der Waals surface area (Å²) < 4.78 is 9.73. The fraction of sp³-hybridized carbons (Fsp3) is 0.333. The molecule has 3 aromatic heterocycles. The zero-order valence-corrected chi connectivity index (χ0v) is 24.5. The molecule has 1 aliphatic heterocycles. The van der Waals surface area contributed by atoms with Gasteiger partial charge < -0.3 is 10.1 Å². The van der Waals surface area contributed by atoms with Crippen molar-refractivity contribution in [3.8, 4) is 5.69 Å². The molecule has 2 atom stereocenters. The Hall–Kier alpha value is -3.47. The van der Waals surface area contributed by atoms with Crippen LogP contribution in [-0.4, -0.2) is 36.4 Å². The topological polar surface area (TPSA) is 90.5 Å². The molecule has 0 fully saturated rings. The van der Waals surface area contributed by atoms with Crippen LogP contribution in [0.4, 0.5) is 0 Å². The first-order valence-electron chi connectivity index (χ1n) is 13.4.